The second-order valence-corrected chi connectivity index (χ2v) is 3.38. The maximum atomic E-state index is 11.4. The number of alkyl halides is 1. The molecule has 0 atom stereocenters. The number of benzene rings is 1. The van der Waals surface area contributed by atoms with Crippen molar-refractivity contribution >= 4 is 21.8 Å². The number of nitrogens with one attached hydrogen (secondary N) is 1. The fraction of sp³-hybridized carbons (Fsp3) is 0.300. The highest BCUT2D eigenvalue weighted by Gasteiger charge is 2.09. The molecule has 0 aliphatic rings. The Bertz CT molecular complexity index is 289. The third-order valence-corrected chi connectivity index (χ3v) is 2.35. The molecular weight excluding hydrogens is 244 g/mol. The summed E-state index contributed by atoms with van der Waals surface area (Å²) in [5.41, 5.74) is 3.96. The zero-order valence-electron chi connectivity index (χ0n) is 8.03. The molecule has 1 rings (SSSR count). The number of halogens is 1. The molecule has 0 heterocycles. The first-order valence-electron chi connectivity index (χ1n) is 4.35. The van der Waals surface area contributed by atoms with Crippen LogP contribution in [0.1, 0.15) is 5.56 Å². The molecular formula is C10H13BrN2O. The molecule has 1 N–H and O–H groups in total. The van der Waals surface area contributed by atoms with E-state index < -0.39 is 0 Å². The molecule has 0 saturated carbocycles. The molecule has 0 fully saturated rings. The Labute approximate surface area is 92.2 Å². The molecule has 0 aliphatic carbocycles. The average Bonchev–Trinajstić information content (AvgIpc) is 2.26. The van der Waals surface area contributed by atoms with Gasteiger partial charge in [-0.05, 0) is 5.56 Å². The molecule has 0 unspecified atom stereocenters. The minimum atomic E-state index is 0.0244. The summed E-state index contributed by atoms with van der Waals surface area (Å²) < 4.78 is 0. The van der Waals surface area contributed by atoms with Crippen LogP contribution in [0.3, 0.4) is 0 Å². The van der Waals surface area contributed by atoms with Gasteiger partial charge in [0.2, 0.25) is 5.91 Å². The van der Waals surface area contributed by atoms with Crippen LogP contribution in [-0.2, 0) is 11.3 Å². The van der Waals surface area contributed by atoms with Crippen molar-refractivity contribution in [3.05, 3.63) is 35.9 Å². The summed E-state index contributed by atoms with van der Waals surface area (Å²) in [6.07, 6.45) is 0. The number of rotatable bonds is 4. The number of hydrazine groups is 1. The molecule has 76 valence electrons. The van der Waals surface area contributed by atoms with Crippen molar-refractivity contribution in [1.29, 1.82) is 0 Å². The quantitative estimate of drug-likeness (QED) is 0.655. The SMILES string of the molecule is CNN(Cc1ccccc1)C(=O)CBr. The van der Waals surface area contributed by atoms with Crippen LogP contribution in [0.5, 0.6) is 0 Å². The third-order valence-electron chi connectivity index (χ3n) is 1.87. The van der Waals surface area contributed by atoms with Crippen LogP contribution in [0.4, 0.5) is 0 Å². The molecule has 0 saturated heterocycles. The Hall–Kier alpha value is -0.870. The van der Waals surface area contributed by atoms with Crippen molar-refractivity contribution in [3.8, 4) is 0 Å². The van der Waals surface area contributed by atoms with Crippen LogP contribution in [0.15, 0.2) is 30.3 Å². The van der Waals surface area contributed by atoms with E-state index in [9.17, 15) is 4.79 Å². The smallest absolute Gasteiger partial charge is 0.247 e. The number of nitrogens with zero attached hydrogens (tertiary/aromatic N) is 1. The molecule has 3 nitrogen and oxygen atoms in total. The number of hydrogen-bond donors (Lipinski definition) is 1. The predicted molar refractivity (Wildman–Crippen MR) is 59.8 cm³/mol. The van der Waals surface area contributed by atoms with E-state index in [2.05, 4.69) is 21.4 Å². The maximum absolute atomic E-state index is 11.4. The van der Waals surface area contributed by atoms with E-state index in [-0.39, 0.29) is 5.91 Å². The highest BCUT2D eigenvalue weighted by atomic mass is 79.9. The molecule has 14 heavy (non-hydrogen) atoms. The van der Waals surface area contributed by atoms with Crippen molar-refractivity contribution in [2.45, 2.75) is 6.54 Å². The Morgan fingerprint density at radius 2 is 2.07 bits per heavy atom. The van der Waals surface area contributed by atoms with Gasteiger partial charge in [0.05, 0.1) is 11.9 Å². The van der Waals surface area contributed by atoms with Gasteiger partial charge in [0.15, 0.2) is 0 Å². The van der Waals surface area contributed by atoms with Crippen LogP contribution in [0.2, 0.25) is 0 Å². The highest BCUT2D eigenvalue weighted by Crippen LogP contribution is 2.03. The van der Waals surface area contributed by atoms with Crippen LogP contribution in [-0.4, -0.2) is 23.3 Å². The molecule has 1 amide bonds. The Morgan fingerprint density at radius 1 is 1.43 bits per heavy atom. The lowest BCUT2D eigenvalue weighted by molar-refractivity contribution is -0.131. The topological polar surface area (TPSA) is 32.3 Å². The van der Waals surface area contributed by atoms with E-state index in [1.165, 1.54) is 0 Å². The third kappa shape index (κ3) is 3.12. The summed E-state index contributed by atoms with van der Waals surface area (Å²) in [4.78, 5) is 11.4. The van der Waals surface area contributed by atoms with Gasteiger partial charge in [-0.3, -0.25) is 9.80 Å². The van der Waals surface area contributed by atoms with Gasteiger partial charge < -0.3 is 0 Å². The Balaban J connectivity index is 2.62. The van der Waals surface area contributed by atoms with Gasteiger partial charge in [0.1, 0.15) is 0 Å². The summed E-state index contributed by atoms with van der Waals surface area (Å²) in [7, 11) is 1.74. The van der Waals surface area contributed by atoms with E-state index in [1.54, 1.807) is 12.1 Å². The fourth-order valence-corrected chi connectivity index (χ4v) is 1.43. The molecule has 0 aromatic heterocycles. The lowest BCUT2D eigenvalue weighted by atomic mass is 10.2. The predicted octanol–water partition coefficient (Wildman–Crippen LogP) is 1.54. The van der Waals surface area contributed by atoms with Gasteiger partial charge in [-0.2, -0.15) is 0 Å². The van der Waals surface area contributed by atoms with E-state index in [0.29, 0.717) is 11.9 Å². The monoisotopic (exact) mass is 256 g/mol. The Morgan fingerprint density at radius 3 is 2.57 bits per heavy atom. The molecule has 0 bridgehead atoms. The molecule has 0 aliphatic heterocycles. The van der Waals surface area contributed by atoms with Crippen LogP contribution < -0.4 is 5.43 Å². The lowest BCUT2D eigenvalue weighted by Crippen LogP contribution is -2.40. The lowest BCUT2D eigenvalue weighted by Gasteiger charge is -2.20. The van der Waals surface area contributed by atoms with Crippen LogP contribution in [0.25, 0.3) is 0 Å². The average molecular weight is 257 g/mol. The van der Waals surface area contributed by atoms with Gasteiger partial charge in [-0.1, -0.05) is 46.3 Å². The second kappa shape index (κ2) is 5.78. The fourth-order valence-electron chi connectivity index (χ4n) is 1.13. The maximum Gasteiger partial charge on any atom is 0.247 e. The normalized spacial score (nSPS) is 9.86. The van der Waals surface area contributed by atoms with Crippen LogP contribution in [0, 0.1) is 0 Å². The van der Waals surface area contributed by atoms with E-state index in [0.717, 1.165) is 5.56 Å². The number of amides is 1. The van der Waals surface area contributed by atoms with Gasteiger partial charge in [0, 0.05) is 7.05 Å². The minimum Gasteiger partial charge on any atom is -0.273 e. The van der Waals surface area contributed by atoms with E-state index in [1.807, 2.05) is 30.3 Å². The van der Waals surface area contributed by atoms with Gasteiger partial charge in [0.25, 0.3) is 0 Å². The van der Waals surface area contributed by atoms with Crippen molar-refractivity contribution in [3.63, 3.8) is 0 Å². The number of hydrogen-bond acceptors (Lipinski definition) is 2. The summed E-state index contributed by atoms with van der Waals surface area (Å²) in [5, 5.41) is 1.91. The number of carbonyl (C=O) groups excluding carboxylic acids is 1. The first kappa shape index (κ1) is 11.2. The molecule has 0 spiro atoms. The summed E-state index contributed by atoms with van der Waals surface area (Å²) in [6, 6.07) is 9.86. The zero-order valence-corrected chi connectivity index (χ0v) is 9.62. The van der Waals surface area contributed by atoms with E-state index >= 15 is 0 Å². The van der Waals surface area contributed by atoms with E-state index in [4.69, 9.17) is 0 Å². The molecule has 0 radical (unpaired) electrons. The van der Waals surface area contributed by atoms with Gasteiger partial charge in [-0.15, -0.1) is 0 Å². The van der Waals surface area contributed by atoms with Gasteiger partial charge in [-0.25, -0.2) is 5.43 Å². The van der Waals surface area contributed by atoms with Crippen molar-refractivity contribution in [2.24, 2.45) is 0 Å². The summed E-state index contributed by atoms with van der Waals surface area (Å²) >= 11 is 3.14. The minimum absolute atomic E-state index is 0.0244. The molecule has 1 aromatic carbocycles. The molecule has 4 heteroatoms. The zero-order chi connectivity index (χ0) is 10.4. The largest absolute Gasteiger partial charge is 0.273 e. The second-order valence-electron chi connectivity index (χ2n) is 2.82. The van der Waals surface area contributed by atoms with Crippen molar-refractivity contribution < 1.29 is 4.79 Å². The summed E-state index contributed by atoms with van der Waals surface area (Å²) in [5.74, 6) is 0.0244. The standard InChI is InChI=1S/C10H13BrN2O/c1-12-13(10(14)7-11)8-9-5-3-2-4-6-9/h2-6,12H,7-8H2,1H3. The first-order chi connectivity index (χ1) is 6.77. The van der Waals surface area contributed by atoms with Crippen LogP contribution >= 0.6 is 15.9 Å². The van der Waals surface area contributed by atoms with Crippen molar-refractivity contribution in [2.75, 3.05) is 12.4 Å². The van der Waals surface area contributed by atoms with Crippen molar-refractivity contribution in [1.82, 2.24) is 10.4 Å². The number of carbonyl (C=O) groups is 1. The summed E-state index contributed by atoms with van der Waals surface area (Å²) in [6.45, 7) is 0.585. The highest BCUT2D eigenvalue weighted by molar-refractivity contribution is 9.09. The van der Waals surface area contributed by atoms with Gasteiger partial charge >= 0.3 is 0 Å². The Kier molecular flexibility index (Phi) is 4.62. The first-order valence-corrected chi connectivity index (χ1v) is 5.47. The molecule has 1 aromatic rings.